The normalized spacial score (nSPS) is 45.4. The van der Waals surface area contributed by atoms with Gasteiger partial charge in [-0.05, 0) is 42.2 Å². The number of alkyl halides is 2. The maximum Gasteiger partial charge on any atom is 0.128 e. The summed E-state index contributed by atoms with van der Waals surface area (Å²) in [7, 11) is 0. The summed E-state index contributed by atoms with van der Waals surface area (Å²) >= 11 is 27.5. The van der Waals surface area contributed by atoms with E-state index in [0.29, 0.717) is 33.3 Å². The Bertz CT molecular complexity index is 882. The number of halogens is 4. The van der Waals surface area contributed by atoms with Crippen LogP contribution >= 0.6 is 46.4 Å². The molecule has 1 aromatic carbocycles. The van der Waals surface area contributed by atoms with E-state index in [1.54, 1.807) is 0 Å². The molecule has 0 saturated heterocycles. The first-order valence-electron chi connectivity index (χ1n) is 7.70. The van der Waals surface area contributed by atoms with Gasteiger partial charge < -0.3 is 0 Å². The molecule has 2 bridgehead atoms. The summed E-state index contributed by atoms with van der Waals surface area (Å²) < 4.78 is 0. The maximum absolute atomic E-state index is 7.12. The molecule has 2 fully saturated rings. The molecule has 5 aliphatic carbocycles. The molecule has 2 aromatic rings. The molecule has 6 atom stereocenters. The van der Waals surface area contributed by atoms with Crippen LogP contribution in [-0.2, 0) is 9.75 Å². The van der Waals surface area contributed by atoms with Gasteiger partial charge in [-0.1, -0.05) is 35.3 Å². The Kier molecular flexibility index (Phi) is 2.28. The van der Waals surface area contributed by atoms with Crippen LogP contribution in [0.3, 0.4) is 0 Å². The lowest BCUT2D eigenvalue weighted by atomic mass is 9.52. The average Bonchev–Trinajstić information content (AvgIpc) is 3.22. The van der Waals surface area contributed by atoms with Crippen LogP contribution in [0.2, 0.25) is 0 Å². The van der Waals surface area contributed by atoms with Crippen LogP contribution in [0.25, 0.3) is 11.0 Å². The number of allylic oxidation sites excluding steroid dienone is 2. The first-order valence-corrected chi connectivity index (χ1v) is 9.22. The molecular weight excluding hydrogens is 374 g/mol. The van der Waals surface area contributed by atoms with E-state index < -0.39 is 9.75 Å². The second-order valence-corrected chi connectivity index (χ2v) is 9.02. The maximum atomic E-state index is 7.12. The molecule has 23 heavy (non-hydrogen) atoms. The molecule has 2 saturated carbocycles. The average molecular weight is 384 g/mol. The van der Waals surface area contributed by atoms with Gasteiger partial charge in [-0.2, -0.15) is 0 Å². The third-order valence-corrected chi connectivity index (χ3v) is 8.71. The van der Waals surface area contributed by atoms with Crippen molar-refractivity contribution >= 4 is 57.4 Å². The van der Waals surface area contributed by atoms with Crippen molar-refractivity contribution in [2.24, 2.45) is 23.7 Å². The third-order valence-electron chi connectivity index (χ3n) is 6.21. The highest BCUT2D eigenvalue weighted by atomic mass is 35.5. The largest absolute Gasteiger partial charge is 0.247 e. The minimum absolute atomic E-state index is 0.213. The summed E-state index contributed by atoms with van der Waals surface area (Å²) in [4.78, 5) is 7.89. The minimum Gasteiger partial charge on any atom is -0.247 e. The molecule has 1 heterocycles. The summed E-state index contributed by atoms with van der Waals surface area (Å²) in [5.41, 5.74) is 3.02. The molecule has 0 unspecified atom stereocenters. The molecule has 0 aliphatic heterocycles. The Morgan fingerprint density at radius 3 is 1.70 bits per heavy atom. The second-order valence-electron chi connectivity index (χ2n) is 7.08. The Balaban J connectivity index is 1.77. The number of aromatic nitrogens is 2. The van der Waals surface area contributed by atoms with Crippen molar-refractivity contribution < 1.29 is 0 Å². The van der Waals surface area contributed by atoms with Gasteiger partial charge in [-0.25, -0.2) is 9.97 Å². The number of hydrogen-bond donors (Lipinski definition) is 0. The fourth-order valence-corrected chi connectivity index (χ4v) is 7.05. The van der Waals surface area contributed by atoms with Crippen molar-refractivity contribution in [1.82, 2.24) is 9.97 Å². The molecule has 0 N–H and O–H groups in total. The van der Waals surface area contributed by atoms with Crippen LogP contribution in [0.1, 0.15) is 17.8 Å². The lowest BCUT2D eigenvalue weighted by molar-refractivity contribution is 0.0549. The lowest BCUT2D eigenvalue weighted by Crippen LogP contribution is -2.61. The third kappa shape index (κ3) is 1.26. The lowest BCUT2D eigenvalue weighted by Gasteiger charge is -2.60. The molecule has 2 nitrogen and oxygen atoms in total. The van der Waals surface area contributed by atoms with E-state index >= 15 is 0 Å². The number of rotatable bonds is 0. The van der Waals surface area contributed by atoms with Crippen molar-refractivity contribution in [3.8, 4) is 0 Å². The van der Waals surface area contributed by atoms with E-state index in [1.807, 2.05) is 24.3 Å². The fourth-order valence-electron chi connectivity index (χ4n) is 5.18. The highest BCUT2D eigenvalue weighted by molar-refractivity contribution is 6.49. The topological polar surface area (TPSA) is 25.8 Å². The van der Waals surface area contributed by atoms with Gasteiger partial charge >= 0.3 is 0 Å². The van der Waals surface area contributed by atoms with Gasteiger partial charge in [0, 0.05) is 0 Å². The zero-order valence-electron chi connectivity index (χ0n) is 11.7. The van der Waals surface area contributed by atoms with Gasteiger partial charge in [-0.15, -0.1) is 23.2 Å². The SMILES string of the molecule is ClC1=C(Cl)[C@]2(Cl)c3nc4ccccc4nc3[C@@]1(Cl)[C@H]1[C@@H]3C[C@@H]3[C@H]12. The Morgan fingerprint density at radius 1 is 0.826 bits per heavy atom. The Hall–Kier alpha value is -0.540. The molecule has 1 aromatic heterocycles. The van der Waals surface area contributed by atoms with Gasteiger partial charge in [0.1, 0.15) is 9.75 Å². The van der Waals surface area contributed by atoms with Crippen molar-refractivity contribution in [3.05, 3.63) is 45.7 Å². The van der Waals surface area contributed by atoms with Crippen LogP contribution in [-0.4, -0.2) is 9.97 Å². The van der Waals surface area contributed by atoms with E-state index in [-0.39, 0.29) is 11.8 Å². The van der Waals surface area contributed by atoms with Crippen molar-refractivity contribution in [2.45, 2.75) is 16.2 Å². The first kappa shape index (κ1) is 13.7. The summed E-state index contributed by atoms with van der Waals surface area (Å²) in [5.74, 6) is 1.61. The quantitative estimate of drug-likeness (QED) is 0.591. The highest BCUT2D eigenvalue weighted by Gasteiger charge is 2.80. The first-order chi connectivity index (χ1) is 11.0. The molecule has 5 aliphatic rings. The van der Waals surface area contributed by atoms with Crippen LogP contribution in [0, 0.1) is 23.7 Å². The monoisotopic (exact) mass is 382 g/mol. The van der Waals surface area contributed by atoms with Gasteiger partial charge in [0.05, 0.1) is 32.5 Å². The molecule has 6 heteroatoms. The number of hydrogen-bond acceptors (Lipinski definition) is 2. The summed E-state index contributed by atoms with van der Waals surface area (Å²) in [6.45, 7) is 0. The minimum atomic E-state index is -0.871. The molecule has 0 spiro atoms. The molecule has 0 amide bonds. The molecule has 116 valence electrons. The van der Waals surface area contributed by atoms with Crippen LogP contribution in [0.4, 0.5) is 0 Å². The van der Waals surface area contributed by atoms with Crippen LogP contribution < -0.4 is 0 Å². The predicted octanol–water partition coefficient (Wildman–Crippen LogP) is 5.10. The Labute approximate surface area is 152 Å². The molecular formula is C17H10Cl4N2. The van der Waals surface area contributed by atoms with E-state index in [2.05, 4.69) is 0 Å². The van der Waals surface area contributed by atoms with E-state index in [9.17, 15) is 0 Å². The number of nitrogens with zero attached hydrogens (tertiary/aromatic N) is 2. The fraction of sp³-hybridized carbons (Fsp3) is 0.412. The number of benzene rings is 1. The number of para-hydroxylation sites is 2. The van der Waals surface area contributed by atoms with E-state index in [1.165, 1.54) is 0 Å². The van der Waals surface area contributed by atoms with Crippen molar-refractivity contribution in [2.75, 3.05) is 0 Å². The summed E-state index contributed by atoms with van der Waals surface area (Å²) in [5, 5.41) is 0.888. The van der Waals surface area contributed by atoms with Gasteiger partial charge in [-0.3, -0.25) is 0 Å². The van der Waals surface area contributed by atoms with E-state index in [0.717, 1.165) is 17.5 Å². The van der Waals surface area contributed by atoms with Crippen molar-refractivity contribution in [3.63, 3.8) is 0 Å². The molecule has 0 radical (unpaired) electrons. The van der Waals surface area contributed by atoms with Gasteiger partial charge in [0.25, 0.3) is 0 Å². The predicted molar refractivity (Wildman–Crippen MR) is 91.9 cm³/mol. The van der Waals surface area contributed by atoms with Crippen LogP contribution in [0.15, 0.2) is 34.3 Å². The zero-order chi connectivity index (χ0) is 15.7. The highest BCUT2D eigenvalue weighted by Crippen LogP contribution is 2.82. The van der Waals surface area contributed by atoms with Gasteiger partial charge in [0.15, 0.2) is 0 Å². The smallest absolute Gasteiger partial charge is 0.128 e. The Morgan fingerprint density at radius 2 is 1.26 bits per heavy atom. The van der Waals surface area contributed by atoms with E-state index in [4.69, 9.17) is 56.4 Å². The second kappa shape index (κ2) is 3.83. The van der Waals surface area contributed by atoms with Crippen molar-refractivity contribution in [1.29, 1.82) is 0 Å². The standard InChI is InChI=1S/C17H10Cl4N2/c18-12-13(19)17(21)11-7-5-6(7)10(11)16(12,20)14-15(17)23-9-4-2-1-3-8(9)22-14/h1-4,6-7,10-11H,5H2/t6-,7+,10+,11-,16-,17+. The van der Waals surface area contributed by atoms with Gasteiger partial charge in [0.2, 0.25) is 0 Å². The summed E-state index contributed by atoms with van der Waals surface area (Å²) in [6, 6.07) is 7.75. The zero-order valence-corrected chi connectivity index (χ0v) is 14.8. The summed E-state index contributed by atoms with van der Waals surface area (Å²) in [6.07, 6.45) is 1.15. The molecule has 7 rings (SSSR count). The van der Waals surface area contributed by atoms with Crippen LogP contribution in [0.5, 0.6) is 0 Å². The number of fused-ring (bicyclic) bond motifs is 2.